The number of aliphatic carboxylic acids is 1. The fraction of sp³-hybridized carbons (Fsp3) is 0.471. The highest BCUT2D eigenvalue weighted by molar-refractivity contribution is 7.99. The number of rotatable bonds is 7. The molecule has 0 unspecified atom stereocenters. The number of amides is 2. The van der Waals surface area contributed by atoms with Crippen molar-refractivity contribution >= 4 is 29.5 Å². The molecule has 2 rings (SSSR count). The van der Waals surface area contributed by atoms with Gasteiger partial charge in [0.05, 0.1) is 13.2 Å². The highest BCUT2D eigenvalue weighted by Gasteiger charge is 2.41. The van der Waals surface area contributed by atoms with Gasteiger partial charge in [0, 0.05) is 5.56 Å². The maximum atomic E-state index is 12.1. The lowest BCUT2D eigenvalue weighted by Crippen LogP contribution is -2.58. The minimum absolute atomic E-state index is 0.270. The molecule has 1 aliphatic heterocycles. The Morgan fingerprint density at radius 2 is 1.84 bits per heavy atom. The first-order valence-corrected chi connectivity index (χ1v) is 9.25. The summed E-state index contributed by atoms with van der Waals surface area (Å²) in [6.45, 7) is 2.14. The van der Waals surface area contributed by atoms with Gasteiger partial charge in [-0.25, -0.2) is 4.79 Å². The molecule has 0 radical (unpaired) electrons. The molecular weight excluding hydrogens is 344 g/mol. The Morgan fingerprint density at radius 1 is 1.20 bits per heavy atom. The third-order valence-corrected chi connectivity index (χ3v) is 4.96. The minimum Gasteiger partial charge on any atom is -0.494 e. The Bertz CT molecular complexity index is 626. The van der Waals surface area contributed by atoms with E-state index in [1.54, 1.807) is 36.0 Å². The molecule has 0 spiro atoms. The molecule has 3 N–H and O–H groups in total. The minimum atomic E-state index is -1.23. The molecule has 2 amide bonds. The standard InChI is InChI=1S/C17H22N2O5S/c1-2-24-13-5-3-12(4-6-13)15(21)18-11-14(20)19-17(16(22)23)7-9-25-10-8-17/h3-6H,2,7-11H2,1H3,(H,18,21)(H,19,20)(H,22,23). The molecule has 0 aliphatic carbocycles. The molecule has 1 aliphatic rings. The summed E-state index contributed by atoms with van der Waals surface area (Å²) in [5, 5.41) is 14.5. The van der Waals surface area contributed by atoms with E-state index >= 15 is 0 Å². The van der Waals surface area contributed by atoms with Crippen LogP contribution in [0.15, 0.2) is 24.3 Å². The topological polar surface area (TPSA) is 105 Å². The van der Waals surface area contributed by atoms with Gasteiger partial charge in [-0.05, 0) is 55.5 Å². The van der Waals surface area contributed by atoms with Gasteiger partial charge in [-0.3, -0.25) is 9.59 Å². The summed E-state index contributed by atoms with van der Waals surface area (Å²) in [6.07, 6.45) is 0.761. The molecule has 0 bridgehead atoms. The molecule has 1 saturated heterocycles. The van der Waals surface area contributed by atoms with E-state index in [9.17, 15) is 19.5 Å². The second-order valence-corrected chi connectivity index (χ2v) is 6.91. The smallest absolute Gasteiger partial charge is 0.329 e. The normalized spacial score (nSPS) is 15.9. The van der Waals surface area contributed by atoms with Gasteiger partial charge >= 0.3 is 5.97 Å². The van der Waals surface area contributed by atoms with Crippen LogP contribution in [0.2, 0.25) is 0 Å². The lowest BCUT2D eigenvalue weighted by molar-refractivity contribution is -0.147. The number of carboxylic acid groups (broad SMARTS) is 1. The van der Waals surface area contributed by atoms with Crippen LogP contribution in [-0.4, -0.2) is 53.1 Å². The summed E-state index contributed by atoms with van der Waals surface area (Å²) >= 11 is 1.67. The maximum Gasteiger partial charge on any atom is 0.329 e. The maximum absolute atomic E-state index is 12.1. The zero-order valence-electron chi connectivity index (χ0n) is 14.0. The number of thioether (sulfide) groups is 1. The first-order chi connectivity index (χ1) is 12.0. The first-order valence-electron chi connectivity index (χ1n) is 8.10. The Kier molecular flexibility index (Phi) is 6.69. The van der Waals surface area contributed by atoms with E-state index in [0.717, 1.165) is 0 Å². The number of nitrogens with one attached hydrogen (secondary N) is 2. The van der Waals surface area contributed by atoms with Crippen molar-refractivity contribution in [1.29, 1.82) is 0 Å². The van der Waals surface area contributed by atoms with Gasteiger partial charge in [0.25, 0.3) is 5.91 Å². The lowest BCUT2D eigenvalue weighted by atomic mass is 9.92. The van der Waals surface area contributed by atoms with Crippen LogP contribution < -0.4 is 15.4 Å². The van der Waals surface area contributed by atoms with Crippen molar-refractivity contribution in [3.05, 3.63) is 29.8 Å². The lowest BCUT2D eigenvalue weighted by Gasteiger charge is -2.33. The Labute approximate surface area is 150 Å². The summed E-state index contributed by atoms with van der Waals surface area (Å²) in [5.74, 6) is 0.0979. The third kappa shape index (κ3) is 5.12. The van der Waals surface area contributed by atoms with Crippen molar-refractivity contribution in [2.45, 2.75) is 25.3 Å². The second-order valence-electron chi connectivity index (χ2n) is 5.69. The summed E-state index contributed by atoms with van der Waals surface area (Å²) in [7, 11) is 0. The molecule has 0 saturated carbocycles. The number of carboxylic acids is 1. The van der Waals surface area contributed by atoms with E-state index < -0.39 is 23.3 Å². The van der Waals surface area contributed by atoms with Crippen molar-refractivity contribution in [2.24, 2.45) is 0 Å². The fourth-order valence-electron chi connectivity index (χ4n) is 2.56. The summed E-state index contributed by atoms with van der Waals surface area (Å²) in [6, 6.07) is 6.57. The Hall–Kier alpha value is -2.22. The molecule has 1 aromatic carbocycles. The van der Waals surface area contributed by atoms with E-state index in [0.29, 0.717) is 42.3 Å². The van der Waals surface area contributed by atoms with Crippen LogP contribution in [0.4, 0.5) is 0 Å². The van der Waals surface area contributed by atoms with E-state index in [1.807, 2.05) is 6.92 Å². The number of carbonyl (C=O) groups is 3. The summed E-state index contributed by atoms with van der Waals surface area (Å²) < 4.78 is 5.30. The zero-order chi connectivity index (χ0) is 18.3. The molecule has 0 aromatic heterocycles. The van der Waals surface area contributed by atoms with Crippen molar-refractivity contribution < 1.29 is 24.2 Å². The Morgan fingerprint density at radius 3 is 2.40 bits per heavy atom. The number of hydrogen-bond donors (Lipinski definition) is 3. The van der Waals surface area contributed by atoms with E-state index in [2.05, 4.69) is 10.6 Å². The highest BCUT2D eigenvalue weighted by atomic mass is 32.2. The van der Waals surface area contributed by atoms with Crippen molar-refractivity contribution in [3.8, 4) is 5.75 Å². The second kappa shape index (κ2) is 8.75. The van der Waals surface area contributed by atoms with Crippen LogP contribution in [0.25, 0.3) is 0 Å². The molecule has 0 atom stereocenters. The van der Waals surface area contributed by atoms with E-state index in [4.69, 9.17) is 4.74 Å². The Balaban J connectivity index is 1.88. The summed E-state index contributed by atoms with van der Waals surface area (Å²) in [5.41, 5.74) is -0.829. The molecule has 136 valence electrons. The van der Waals surface area contributed by atoms with Gasteiger partial charge < -0.3 is 20.5 Å². The van der Waals surface area contributed by atoms with Crippen LogP contribution in [-0.2, 0) is 9.59 Å². The summed E-state index contributed by atoms with van der Waals surface area (Å²) in [4.78, 5) is 35.7. The molecule has 1 heterocycles. The van der Waals surface area contributed by atoms with Crippen molar-refractivity contribution in [2.75, 3.05) is 24.7 Å². The van der Waals surface area contributed by atoms with Crippen molar-refractivity contribution in [1.82, 2.24) is 10.6 Å². The van der Waals surface area contributed by atoms with Crippen LogP contribution >= 0.6 is 11.8 Å². The van der Waals surface area contributed by atoms with Crippen LogP contribution in [0.3, 0.4) is 0 Å². The number of benzene rings is 1. The molecule has 8 heteroatoms. The molecule has 1 aromatic rings. The fourth-order valence-corrected chi connectivity index (χ4v) is 3.74. The molecule has 7 nitrogen and oxygen atoms in total. The van der Waals surface area contributed by atoms with E-state index in [1.165, 1.54) is 0 Å². The number of hydrogen-bond acceptors (Lipinski definition) is 5. The van der Waals surface area contributed by atoms with E-state index in [-0.39, 0.29) is 6.54 Å². The van der Waals surface area contributed by atoms with Crippen LogP contribution in [0, 0.1) is 0 Å². The predicted molar refractivity (Wildman–Crippen MR) is 95.0 cm³/mol. The number of ether oxygens (including phenoxy) is 1. The number of carbonyl (C=O) groups excluding carboxylic acids is 2. The van der Waals surface area contributed by atoms with Gasteiger partial charge in [0.15, 0.2) is 0 Å². The van der Waals surface area contributed by atoms with Crippen LogP contribution in [0.1, 0.15) is 30.1 Å². The van der Waals surface area contributed by atoms with Gasteiger partial charge in [-0.2, -0.15) is 11.8 Å². The van der Waals surface area contributed by atoms with Gasteiger partial charge in [0.2, 0.25) is 5.91 Å². The largest absolute Gasteiger partial charge is 0.494 e. The molecular formula is C17H22N2O5S. The van der Waals surface area contributed by atoms with Crippen LogP contribution in [0.5, 0.6) is 5.75 Å². The average molecular weight is 366 g/mol. The molecule has 25 heavy (non-hydrogen) atoms. The average Bonchev–Trinajstić information content (AvgIpc) is 2.61. The van der Waals surface area contributed by atoms with Gasteiger partial charge in [-0.15, -0.1) is 0 Å². The first kappa shape index (κ1) is 19.1. The van der Waals surface area contributed by atoms with Crippen molar-refractivity contribution in [3.63, 3.8) is 0 Å². The van der Waals surface area contributed by atoms with Gasteiger partial charge in [-0.1, -0.05) is 0 Å². The monoisotopic (exact) mass is 366 g/mol. The van der Waals surface area contributed by atoms with Gasteiger partial charge in [0.1, 0.15) is 11.3 Å². The highest BCUT2D eigenvalue weighted by Crippen LogP contribution is 2.27. The third-order valence-electron chi connectivity index (χ3n) is 3.97. The zero-order valence-corrected chi connectivity index (χ0v) is 14.9. The quantitative estimate of drug-likeness (QED) is 0.671. The predicted octanol–water partition coefficient (Wildman–Crippen LogP) is 1.28. The SMILES string of the molecule is CCOc1ccc(C(=O)NCC(=O)NC2(C(=O)O)CCSCC2)cc1. The molecule has 1 fully saturated rings.